The van der Waals surface area contributed by atoms with E-state index in [-0.39, 0.29) is 18.9 Å². The average Bonchev–Trinajstić information content (AvgIpc) is 2.26. The Kier molecular flexibility index (Phi) is 3.28. The minimum Gasteiger partial charge on any atom is -0.481 e. The summed E-state index contributed by atoms with van der Waals surface area (Å²) >= 11 is 0. The van der Waals surface area contributed by atoms with Gasteiger partial charge in [-0.15, -0.1) is 0 Å². The van der Waals surface area contributed by atoms with Crippen molar-refractivity contribution in [2.45, 2.75) is 18.3 Å². The molecule has 1 aliphatic rings. The smallest absolute Gasteiger partial charge is 0.261 e. The quantitative estimate of drug-likeness (QED) is 0.794. The lowest BCUT2D eigenvalue weighted by atomic mass is 9.90. The highest BCUT2D eigenvalue weighted by molar-refractivity contribution is 5.22. The molecule has 0 N–H and O–H groups in total. The first-order valence-corrected chi connectivity index (χ1v) is 5.56. The Morgan fingerprint density at radius 2 is 2.24 bits per heavy atom. The van der Waals surface area contributed by atoms with Crippen LogP contribution in [0.3, 0.4) is 0 Å². The van der Waals surface area contributed by atoms with E-state index in [4.69, 9.17) is 4.74 Å². The molecule has 3 nitrogen and oxygen atoms in total. The van der Waals surface area contributed by atoms with Gasteiger partial charge in [-0.05, 0) is 12.6 Å². The summed E-state index contributed by atoms with van der Waals surface area (Å²) in [6.07, 6.45) is 1.52. The van der Waals surface area contributed by atoms with Gasteiger partial charge in [0.25, 0.3) is 5.92 Å². The largest absolute Gasteiger partial charge is 0.481 e. The maximum absolute atomic E-state index is 13.4. The van der Waals surface area contributed by atoms with Crippen LogP contribution in [0.4, 0.5) is 8.78 Å². The molecule has 0 bridgehead atoms. The lowest BCUT2D eigenvalue weighted by molar-refractivity contribution is -0.0650. The lowest BCUT2D eigenvalue weighted by Gasteiger charge is -2.35. The first-order valence-electron chi connectivity index (χ1n) is 5.56. The lowest BCUT2D eigenvalue weighted by Crippen LogP contribution is -2.44. The van der Waals surface area contributed by atoms with E-state index in [2.05, 4.69) is 4.98 Å². The maximum Gasteiger partial charge on any atom is 0.261 e. The number of likely N-dealkylation sites (N-methyl/N-ethyl adjacent to an activating group) is 1. The molecule has 0 spiro atoms. The van der Waals surface area contributed by atoms with Crippen LogP contribution in [0.25, 0.3) is 0 Å². The van der Waals surface area contributed by atoms with Crippen LogP contribution in [0.2, 0.25) is 0 Å². The van der Waals surface area contributed by atoms with Gasteiger partial charge in [0.2, 0.25) is 5.88 Å². The van der Waals surface area contributed by atoms with Crippen molar-refractivity contribution in [1.82, 2.24) is 9.88 Å². The molecule has 0 amide bonds. The van der Waals surface area contributed by atoms with Gasteiger partial charge in [-0.25, -0.2) is 13.8 Å². The fourth-order valence-corrected chi connectivity index (χ4v) is 2.30. The van der Waals surface area contributed by atoms with Gasteiger partial charge in [0.05, 0.1) is 13.7 Å². The van der Waals surface area contributed by atoms with E-state index in [9.17, 15) is 8.78 Å². The van der Waals surface area contributed by atoms with E-state index in [1.54, 1.807) is 24.2 Å². The summed E-state index contributed by atoms with van der Waals surface area (Å²) in [4.78, 5) is 5.72. The highest BCUT2D eigenvalue weighted by Crippen LogP contribution is 2.35. The Morgan fingerprint density at radius 1 is 1.47 bits per heavy atom. The predicted molar refractivity (Wildman–Crippen MR) is 60.6 cm³/mol. The number of halogens is 2. The van der Waals surface area contributed by atoms with Crippen molar-refractivity contribution in [2.24, 2.45) is 0 Å². The van der Waals surface area contributed by atoms with Crippen molar-refractivity contribution in [3.8, 4) is 5.88 Å². The van der Waals surface area contributed by atoms with Gasteiger partial charge in [0, 0.05) is 31.1 Å². The van der Waals surface area contributed by atoms with E-state index >= 15 is 0 Å². The van der Waals surface area contributed by atoms with Crippen molar-refractivity contribution in [1.29, 1.82) is 0 Å². The second-order valence-electron chi connectivity index (χ2n) is 4.59. The monoisotopic (exact) mass is 242 g/mol. The minimum absolute atomic E-state index is 0.106. The second-order valence-corrected chi connectivity index (χ2v) is 4.59. The molecule has 0 saturated carbocycles. The Bertz CT molecular complexity index is 381. The molecule has 1 aromatic heterocycles. The molecule has 1 aliphatic heterocycles. The van der Waals surface area contributed by atoms with E-state index in [1.807, 2.05) is 6.07 Å². The molecule has 94 valence electrons. The Labute approximate surface area is 99.4 Å². The fourth-order valence-electron chi connectivity index (χ4n) is 2.30. The molecule has 1 saturated heterocycles. The second kappa shape index (κ2) is 4.56. The third-order valence-electron chi connectivity index (χ3n) is 3.02. The zero-order valence-electron chi connectivity index (χ0n) is 9.99. The van der Waals surface area contributed by atoms with Crippen LogP contribution < -0.4 is 4.74 Å². The number of aromatic nitrogens is 1. The van der Waals surface area contributed by atoms with Gasteiger partial charge < -0.3 is 4.74 Å². The predicted octanol–water partition coefficient (Wildman–Crippen LogP) is 2.14. The summed E-state index contributed by atoms with van der Waals surface area (Å²) in [7, 11) is 3.25. The van der Waals surface area contributed by atoms with E-state index in [0.29, 0.717) is 12.4 Å². The molecule has 1 fully saturated rings. The van der Waals surface area contributed by atoms with Crippen molar-refractivity contribution in [3.63, 3.8) is 0 Å². The number of rotatable bonds is 2. The number of methoxy groups -OCH3 is 1. The third-order valence-corrected chi connectivity index (χ3v) is 3.02. The molecule has 0 unspecified atom stereocenters. The molecule has 0 aliphatic carbocycles. The van der Waals surface area contributed by atoms with Crippen molar-refractivity contribution >= 4 is 0 Å². The minimum atomic E-state index is -2.61. The van der Waals surface area contributed by atoms with Crippen LogP contribution in [-0.2, 0) is 0 Å². The Balaban J connectivity index is 2.15. The number of alkyl halides is 2. The number of pyridine rings is 1. The van der Waals surface area contributed by atoms with E-state index < -0.39 is 5.92 Å². The molecule has 0 aromatic carbocycles. The molecule has 5 heteroatoms. The number of piperidine rings is 1. The van der Waals surface area contributed by atoms with Gasteiger partial charge >= 0.3 is 0 Å². The number of nitrogens with zero attached hydrogens (tertiary/aromatic N) is 2. The number of hydrogen-bond acceptors (Lipinski definition) is 3. The summed E-state index contributed by atoms with van der Waals surface area (Å²) in [5.74, 6) is -2.27. The maximum atomic E-state index is 13.4. The Morgan fingerprint density at radius 3 is 2.76 bits per heavy atom. The summed E-state index contributed by atoms with van der Waals surface area (Å²) < 4.78 is 31.8. The molecule has 1 aromatic rings. The summed E-state index contributed by atoms with van der Waals surface area (Å²) in [6, 6.07) is 3.52. The summed E-state index contributed by atoms with van der Waals surface area (Å²) in [6.45, 7) is 0.483. The number of hydrogen-bond donors (Lipinski definition) is 0. The average molecular weight is 242 g/mol. The first kappa shape index (κ1) is 12.2. The Hall–Kier alpha value is -1.23. The molecular weight excluding hydrogens is 226 g/mol. The highest BCUT2D eigenvalue weighted by atomic mass is 19.3. The zero-order chi connectivity index (χ0) is 12.5. The third kappa shape index (κ3) is 2.91. The number of likely N-dealkylation sites (tertiary alicyclic amines) is 1. The van der Waals surface area contributed by atoms with Crippen LogP contribution in [0.1, 0.15) is 17.9 Å². The zero-order valence-corrected chi connectivity index (χ0v) is 9.99. The van der Waals surface area contributed by atoms with E-state index in [1.165, 1.54) is 7.11 Å². The SMILES string of the molecule is COc1ccc([C@H]2CN(C)CC(F)(F)C2)cn1. The topological polar surface area (TPSA) is 25.4 Å². The molecule has 1 atom stereocenters. The van der Waals surface area contributed by atoms with Crippen LogP contribution in [0.5, 0.6) is 5.88 Å². The van der Waals surface area contributed by atoms with Crippen LogP contribution in [-0.4, -0.2) is 43.1 Å². The summed E-state index contributed by atoms with van der Waals surface area (Å²) in [5, 5.41) is 0. The fraction of sp³-hybridized carbons (Fsp3) is 0.583. The van der Waals surface area contributed by atoms with Crippen molar-refractivity contribution in [3.05, 3.63) is 23.9 Å². The molecular formula is C12H16F2N2O. The van der Waals surface area contributed by atoms with E-state index in [0.717, 1.165) is 5.56 Å². The van der Waals surface area contributed by atoms with Gasteiger partial charge in [-0.2, -0.15) is 0 Å². The standard InChI is InChI=1S/C12H16F2N2O/c1-16-7-10(5-12(13,14)8-16)9-3-4-11(17-2)15-6-9/h3-4,6,10H,5,7-8H2,1-2H3/t10-/m1/s1. The van der Waals surface area contributed by atoms with Crippen LogP contribution >= 0.6 is 0 Å². The van der Waals surface area contributed by atoms with Gasteiger partial charge in [-0.1, -0.05) is 6.07 Å². The van der Waals surface area contributed by atoms with Crippen LogP contribution in [0.15, 0.2) is 18.3 Å². The van der Waals surface area contributed by atoms with Gasteiger partial charge in [0.15, 0.2) is 0 Å². The first-order chi connectivity index (χ1) is 8.00. The molecule has 2 heterocycles. The van der Waals surface area contributed by atoms with Gasteiger partial charge in [-0.3, -0.25) is 4.90 Å². The number of ether oxygens (including phenoxy) is 1. The molecule has 17 heavy (non-hydrogen) atoms. The molecule has 2 rings (SSSR count). The molecule has 0 radical (unpaired) electrons. The van der Waals surface area contributed by atoms with Crippen LogP contribution in [0, 0.1) is 0 Å². The van der Waals surface area contributed by atoms with Crippen molar-refractivity contribution < 1.29 is 13.5 Å². The highest BCUT2D eigenvalue weighted by Gasteiger charge is 2.39. The van der Waals surface area contributed by atoms with Gasteiger partial charge in [0.1, 0.15) is 0 Å². The van der Waals surface area contributed by atoms with Crippen molar-refractivity contribution in [2.75, 3.05) is 27.2 Å². The normalized spacial score (nSPS) is 24.6. The summed E-state index contributed by atoms with van der Waals surface area (Å²) in [5.41, 5.74) is 0.844.